The van der Waals surface area contributed by atoms with Gasteiger partial charge in [0.25, 0.3) is 5.69 Å². The van der Waals surface area contributed by atoms with Crippen molar-refractivity contribution in [2.75, 3.05) is 11.1 Å². The van der Waals surface area contributed by atoms with Crippen LogP contribution in [-0.2, 0) is 11.3 Å². The van der Waals surface area contributed by atoms with Gasteiger partial charge >= 0.3 is 0 Å². The van der Waals surface area contributed by atoms with Crippen molar-refractivity contribution in [3.05, 3.63) is 63.8 Å². The van der Waals surface area contributed by atoms with E-state index in [1.54, 1.807) is 23.2 Å². The van der Waals surface area contributed by atoms with Gasteiger partial charge < -0.3 is 14.3 Å². The van der Waals surface area contributed by atoms with Crippen LogP contribution in [0.4, 0.5) is 11.4 Å². The molecule has 0 unspecified atom stereocenters. The Morgan fingerprint density at radius 3 is 3.00 bits per heavy atom. The summed E-state index contributed by atoms with van der Waals surface area (Å²) in [4.78, 5) is 22.4. The zero-order valence-electron chi connectivity index (χ0n) is 13.2. The van der Waals surface area contributed by atoms with E-state index in [1.165, 1.54) is 30.0 Å². The monoisotopic (exact) mass is 393 g/mol. The number of hydrogen-bond acceptors (Lipinski definition) is 7. The molecular weight excluding hydrogens is 382 g/mol. The number of aromatic nitrogens is 3. The highest BCUT2D eigenvalue weighted by molar-refractivity contribution is 7.99. The fourth-order valence-electron chi connectivity index (χ4n) is 2.09. The molecule has 3 aromatic rings. The third-order valence-electron chi connectivity index (χ3n) is 3.25. The topological polar surface area (TPSA) is 116 Å². The minimum Gasteiger partial charge on any atom is -0.467 e. The van der Waals surface area contributed by atoms with Gasteiger partial charge in [-0.25, -0.2) is 0 Å². The molecule has 1 N–H and O–H groups in total. The first-order chi connectivity index (χ1) is 12.5. The third kappa shape index (κ3) is 4.41. The second-order valence-electron chi connectivity index (χ2n) is 5.08. The highest BCUT2D eigenvalue weighted by Gasteiger charge is 2.15. The van der Waals surface area contributed by atoms with Gasteiger partial charge in [0.15, 0.2) is 5.16 Å². The Balaban J connectivity index is 1.59. The van der Waals surface area contributed by atoms with Gasteiger partial charge in [0.05, 0.1) is 23.5 Å². The molecule has 2 aromatic heterocycles. The number of carbonyl (C=O) groups excluding carboxylic acids is 1. The maximum Gasteiger partial charge on any atom is 0.289 e. The standard InChI is InChI=1S/C15H12ClN5O4S/c16-12-4-3-10(6-13(12)21(23)24)18-14(22)8-26-15-19-17-9-20(15)7-11-2-1-5-25-11/h1-6,9H,7-8H2,(H,18,22). The largest absolute Gasteiger partial charge is 0.467 e. The van der Waals surface area contributed by atoms with E-state index in [2.05, 4.69) is 15.5 Å². The number of halogens is 1. The molecule has 1 aromatic carbocycles. The molecule has 3 rings (SSSR count). The third-order valence-corrected chi connectivity index (χ3v) is 4.55. The zero-order chi connectivity index (χ0) is 18.5. The summed E-state index contributed by atoms with van der Waals surface area (Å²) in [5.41, 5.74) is 0.0269. The van der Waals surface area contributed by atoms with E-state index in [0.717, 1.165) is 5.76 Å². The van der Waals surface area contributed by atoms with Gasteiger partial charge in [0.2, 0.25) is 5.91 Å². The van der Waals surface area contributed by atoms with Crippen LogP contribution in [0.1, 0.15) is 5.76 Å². The number of furan rings is 1. The number of nitro groups is 1. The summed E-state index contributed by atoms with van der Waals surface area (Å²) < 4.78 is 7.03. The molecule has 0 saturated heterocycles. The second kappa shape index (κ2) is 8.02. The molecule has 134 valence electrons. The Hall–Kier alpha value is -2.85. The number of nitro benzene ring substituents is 1. The number of carbonyl (C=O) groups is 1. The lowest BCUT2D eigenvalue weighted by molar-refractivity contribution is -0.384. The van der Waals surface area contributed by atoms with E-state index in [1.807, 2.05) is 6.07 Å². The van der Waals surface area contributed by atoms with Crippen molar-refractivity contribution >= 4 is 40.6 Å². The summed E-state index contributed by atoms with van der Waals surface area (Å²) in [6.07, 6.45) is 3.12. The Morgan fingerprint density at radius 1 is 1.42 bits per heavy atom. The lowest BCUT2D eigenvalue weighted by Gasteiger charge is -2.06. The van der Waals surface area contributed by atoms with Crippen molar-refractivity contribution in [3.63, 3.8) is 0 Å². The number of thioether (sulfide) groups is 1. The predicted octanol–water partition coefficient (Wildman–Crippen LogP) is 3.21. The SMILES string of the molecule is O=C(CSc1nncn1Cc1ccco1)Nc1ccc(Cl)c([N+](=O)[O-])c1. The maximum atomic E-state index is 12.1. The van der Waals surface area contributed by atoms with Crippen LogP contribution in [0.2, 0.25) is 5.02 Å². The molecule has 0 fully saturated rings. The van der Waals surface area contributed by atoms with Gasteiger partial charge in [-0.2, -0.15) is 0 Å². The highest BCUT2D eigenvalue weighted by atomic mass is 35.5. The molecule has 0 spiro atoms. The number of rotatable bonds is 7. The van der Waals surface area contributed by atoms with Crippen molar-refractivity contribution in [1.82, 2.24) is 14.8 Å². The summed E-state index contributed by atoms with van der Waals surface area (Å²) >= 11 is 6.94. The number of anilines is 1. The van der Waals surface area contributed by atoms with Gasteiger partial charge in [-0.05, 0) is 24.3 Å². The lowest BCUT2D eigenvalue weighted by Crippen LogP contribution is -2.14. The average Bonchev–Trinajstić information content (AvgIpc) is 3.27. The minimum atomic E-state index is -0.607. The van der Waals surface area contributed by atoms with Crippen LogP contribution >= 0.6 is 23.4 Å². The smallest absolute Gasteiger partial charge is 0.289 e. The van der Waals surface area contributed by atoms with E-state index in [9.17, 15) is 14.9 Å². The van der Waals surface area contributed by atoms with E-state index < -0.39 is 4.92 Å². The van der Waals surface area contributed by atoms with Crippen molar-refractivity contribution in [1.29, 1.82) is 0 Å². The van der Waals surface area contributed by atoms with Gasteiger partial charge in [-0.1, -0.05) is 23.4 Å². The first-order valence-corrected chi connectivity index (χ1v) is 8.66. The van der Waals surface area contributed by atoms with E-state index in [0.29, 0.717) is 17.4 Å². The molecule has 0 aliphatic heterocycles. The van der Waals surface area contributed by atoms with Crippen LogP contribution in [0, 0.1) is 10.1 Å². The first kappa shape index (κ1) is 18.0. The number of hydrogen-bond donors (Lipinski definition) is 1. The van der Waals surface area contributed by atoms with Crippen molar-refractivity contribution < 1.29 is 14.1 Å². The molecule has 0 aliphatic carbocycles. The molecule has 0 radical (unpaired) electrons. The molecule has 9 nitrogen and oxygen atoms in total. The van der Waals surface area contributed by atoms with Crippen LogP contribution in [0.3, 0.4) is 0 Å². The molecule has 0 bridgehead atoms. The van der Waals surface area contributed by atoms with Crippen molar-refractivity contribution in [2.45, 2.75) is 11.7 Å². The van der Waals surface area contributed by atoms with Crippen LogP contribution in [0.25, 0.3) is 0 Å². The summed E-state index contributed by atoms with van der Waals surface area (Å²) in [7, 11) is 0. The maximum absolute atomic E-state index is 12.1. The molecule has 0 aliphatic rings. The first-order valence-electron chi connectivity index (χ1n) is 7.29. The van der Waals surface area contributed by atoms with Gasteiger partial charge in [0.1, 0.15) is 17.1 Å². The minimum absolute atomic E-state index is 0.00778. The molecule has 0 saturated carbocycles. The number of nitrogens with one attached hydrogen (secondary N) is 1. The number of amides is 1. The summed E-state index contributed by atoms with van der Waals surface area (Å²) in [6.45, 7) is 0.452. The molecule has 0 atom stereocenters. The fraction of sp³-hybridized carbons (Fsp3) is 0.133. The zero-order valence-corrected chi connectivity index (χ0v) is 14.7. The van der Waals surface area contributed by atoms with Crippen molar-refractivity contribution in [3.8, 4) is 0 Å². The summed E-state index contributed by atoms with van der Waals surface area (Å²) in [6, 6.07) is 7.68. The number of nitrogens with zero attached hydrogens (tertiary/aromatic N) is 4. The van der Waals surface area contributed by atoms with E-state index in [-0.39, 0.29) is 22.4 Å². The molecular formula is C15H12ClN5O4S. The highest BCUT2D eigenvalue weighted by Crippen LogP contribution is 2.27. The quantitative estimate of drug-likeness (QED) is 0.372. The normalized spacial score (nSPS) is 10.7. The van der Waals surface area contributed by atoms with Crippen LogP contribution < -0.4 is 5.32 Å². The Bertz CT molecular complexity index is 928. The predicted molar refractivity (Wildman–Crippen MR) is 95.3 cm³/mol. The van der Waals surface area contributed by atoms with Crippen LogP contribution in [0.5, 0.6) is 0 Å². The number of benzene rings is 1. The molecule has 2 heterocycles. The van der Waals surface area contributed by atoms with Gasteiger partial charge in [-0.15, -0.1) is 10.2 Å². The molecule has 11 heteroatoms. The Morgan fingerprint density at radius 2 is 2.27 bits per heavy atom. The summed E-state index contributed by atoms with van der Waals surface area (Å²) in [5, 5.41) is 21.8. The Kier molecular flexibility index (Phi) is 5.54. The van der Waals surface area contributed by atoms with E-state index >= 15 is 0 Å². The molecule has 1 amide bonds. The van der Waals surface area contributed by atoms with Gasteiger partial charge in [-0.3, -0.25) is 14.9 Å². The van der Waals surface area contributed by atoms with Crippen LogP contribution in [0.15, 0.2) is 52.5 Å². The summed E-state index contributed by atoms with van der Waals surface area (Å²) in [5.74, 6) is 0.469. The second-order valence-corrected chi connectivity index (χ2v) is 6.43. The fourth-order valence-corrected chi connectivity index (χ4v) is 2.99. The van der Waals surface area contributed by atoms with Crippen molar-refractivity contribution in [2.24, 2.45) is 0 Å². The van der Waals surface area contributed by atoms with Crippen LogP contribution in [-0.4, -0.2) is 31.3 Å². The Labute approximate surface area is 156 Å². The molecule has 26 heavy (non-hydrogen) atoms. The van der Waals surface area contributed by atoms with E-state index in [4.69, 9.17) is 16.0 Å². The average molecular weight is 394 g/mol. The van der Waals surface area contributed by atoms with Gasteiger partial charge in [0, 0.05) is 11.8 Å². The lowest BCUT2D eigenvalue weighted by atomic mass is 10.3.